The van der Waals surface area contributed by atoms with Crippen LogP contribution in [0.2, 0.25) is 0 Å². The van der Waals surface area contributed by atoms with Crippen molar-refractivity contribution in [2.45, 2.75) is 20.3 Å². The van der Waals surface area contributed by atoms with Gasteiger partial charge in [0.15, 0.2) is 0 Å². The first kappa shape index (κ1) is 12.3. The molecule has 1 aromatic carbocycles. The summed E-state index contributed by atoms with van der Waals surface area (Å²) in [6, 6.07) is 3.32. The van der Waals surface area contributed by atoms with E-state index >= 15 is 0 Å². The first-order chi connectivity index (χ1) is 7.54. The molecule has 0 amide bonds. The maximum absolute atomic E-state index is 13.3. The van der Waals surface area contributed by atoms with E-state index in [1.165, 1.54) is 7.11 Å². The van der Waals surface area contributed by atoms with Crippen LogP contribution in [0.5, 0.6) is 0 Å². The molecule has 2 nitrogen and oxygen atoms in total. The number of halogens is 1. The molecule has 0 aliphatic carbocycles. The molecule has 3 heteroatoms. The number of hydrogen-bond acceptors (Lipinski definition) is 2. The van der Waals surface area contributed by atoms with Gasteiger partial charge in [0.05, 0.1) is 7.11 Å². The van der Waals surface area contributed by atoms with Crippen LogP contribution in [0.3, 0.4) is 0 Å². The molecule has 0 radical (unpaired) electrons. The molecule has 0 aromatic heterocycles. The molecule has 0 heterocycles. The monoisotopic (exact) mass is 220 g/mol. The van der Waals surface area contributed by atoms with Crippen LogP contribution in [0.1, 0.15) is 23.1 Å². The summed E-state index contributed by atoms with van der Waals surface area (Å²) < 4.78 is 17.7. The first-order valence-corrected chi connectivity index (χ1v) is 4.87. The van der Waals surface area contributed by atoms with Crippen LogP contribution in [-0.2, 0) is 9.53 Å². The van der Waals surface area contributed by atoms with Crippen molar-refractivity contribution in [3.05, 3.63) is 34.6 Å². The second-order valence-corrected chi connectivity index (χ2v) is 3.48. The third-order valence-corrected chi connectivity index (χ3v) is 2.13. The molecule has 0 aliphatic heterocycles. The Hall–Kier alpha value is -1.82. The van der Waals surface area contributed by atoms with Gasteiger partial charge in [-0.15, -0.1) is 0 Å². The lowest BCUT2D eigenvalue weighted by Gasteiger charge is -2.01. The van der Waals surface area contributed by atoms with Crippen LogP contribution < -0.4 is 0 Å². The number of carbonyl (C=O) groups excluding carboxylic acids is 1. The van der Waals surface area contributed by atoms with Crippen LogP contribution in [0, 0.1) is 31.5 Å². The van der Waals surface area contributed by atoms with Gasteiger partial charge in [0.2, 0.25) is 0 Å². The zero-order valence-corrected chi connectivity index (χ0v) is 9.56. The van der Waals surface area contributed by atoms with Gasteiger partial charge in [-0.1, -0.05) is 11.8 Å². The Morgan fingerprint density at radius 2 is 1.94 bits per heavy atom. The van der Waals surface area contributed by atoms with Gasteiger partial charge < -0.3 is 4.74 Å². The minimum absolute atomic E-state index is 0.0476. The van der Waals surface area contributed by atoms with E-state index in [0.717, 1.165) is 0 Å². The highest BCUT2D eigenvalue weighted by Gasteiger charge is 2.02. The summed E-state index contributed by atoms with van der Waals surface area (Å²) in [5.41, 5.74) is 1.82. The predicted octanol–water partition coefficient (Wildman–Crippen LogP) is 2.36. The number of methoxy groups -OCH3 is 1. The second kappa shape index (κ2) is 5.32. The van der Waals surface area contributed by atoms with Gasteiger partial charge in [-0.2, -0.15) is 0 Å². The molecule has 0 N–H and O–H groups in total. The Bertz CT molecular complexity index is 444. The summed E-state index contributed by atoms with van der Waals surface area (Å²) in [6.45, 7) is 3.38. The van der Waals surface area contributed by atoms with E-state index in [4.69, 9.17) is 0 Å². The summed E-state index contributed by atoms with van der Waals surface area (Å²) in [5, 5.41) is 0. The van der Waals surface area contributed by atoms with Gasteiger partial charge in [0.1, 0.15) is 12.2 Å². The van der Waals surface area contributed by atoms with E-state index in [-0.39, 0.29) is 18.2 Å². The lowest BCUT2D eigenvalue weighted by atomic mass is 10.1. The highest BCUT2D eigenvalue weighted by molar-refractivity contribution is 5.72. The molecule has 0 fully saturated rings. The maximum atomic E-state index is 13.3. The van der Waals surface area contributed by atoms with Crippen molar-refractivity contribution in [3.63, 3.8) is 0 Å². The molecule has 0 saturated heterocycles. The number of rotatable bonds is 1. The molecule has 1 aromatic rings. The summed E-state index contributed by atoms with van der Waals surface area (Å²) in [6.07, 6.45) is 0.0476. The number of ether oxygens (including phenoxy) is 1. The number of carbonyl (C=O) groups is 1. The Labute approximate surface area is 94.4 Å². The Balaban J connectivity index is 2.86. The van der Waals surface area contributed by atoms with Crippen molar-refractivity contribution in [1.82, 2.24) is 0 Å². The molecular weight excluding hydrogens is 207 g/mol. The molecule has 0 spiro atoms. The minimum atomic E-state index is -0.372. The van der Waals surface area contributed by atoms with Gasteiger partial charge in [-0.3, -0.25) is 4.79 Å². The molecule has 84 valence electrons. The summed E-state index contributed by atoms with van der Waals surface area (Å²) in [4.78, 5) is 10.8. The Kier molecular flexibility index (Phi) is 4.07. The SMILES string of the molecule is COC(=O)CC#Cc1cc(C)c(F)c(C)c1. The highest BCUT2D eigenvalue weighted by Crippen LogP contribution is 2.13. The second-order valence-electron chi connectivity index (χ2n) is 3.48. The average Bonchev–Trinajstić information content (AvgIpc) is 2.25. The third kappa shape index (κ3) is 3.09. The largest absolute Gasteiger partial charge is 0.468 e. The smallest absolute Gasteiger partial charge is 0.317 e. The average molecular weight is 220 g/mol. The van der Waals surface area contributed by atoms with Crippen molar-refractivity contribution in [2.24, 2.45) is 0 Å². The fraction of sp³-hybridized carbons (Fsp3) is 0.308. The molecule has 0 saturated carbocycles. The fourth-order valence-corrected chi connectivity index (χ4v) is 1.31. The fourth-order valence-electron chi connectivity index (χ4n) is 1.31. The van der Waals surface area contributed by atoms with E-state index in [9.17, 15) is 9.18 Å². The van der Waals surface area contributed by atoms with E-state index in [0.29, 0.717) is 16.7 Å². The molecule has 0 unspecified atom stereocenters. The van der Waals surface area contributed by atoms with Crippen molar-refractivity contribution in [3.8, 4) is 11.8 Å². The normalized spacial score (nSPS) is 9.25. The minimum Gasteiger partial charge on any atom is -0.468 e. The maximum Gasteiger partial charge on any atom is 0.317 e. The lowest BCUT2D eigenvalue weighted by molar-refractivity contribution is -0.139. The molecule has 1 rings (SSSR count). The Morgan fingerprint density at radius 1 is 1.38 bits per heavy atom. The van der Waals surface area contributed by atoms with Gasteiger partial charge in [0.25, 0.3) is 0 Å². The summed E-state index contributed by atoms with van der Waals surface area (Å²) >= 11 is 0. The van der Waals surface area contributed by atoms with Gasteiger partial charge in [0, 0.05) is 5.56 Å². The zero-order valence-electron chi connectivity index (χ0n) is 9.56. The quantitative estimate of drug-likeness (QED) is 0.536. The number of hydrogen-bond donors (Lipinski definition) is 0. The van der Waals surface area contributed by atoms with Crippen LogP contribution in [0.25, 0.3) is 0 Å². The van der Waals surface area contributed by atoms with E-state index in [1.54, 1.807) is 26.0 Å². The first-order valence-electron chi connectivity index (χ1n) is 4.87. The summed E-state index contributed by atoms with van der Waals surface area (Å²) in [7, 11) is 1.32. The predicted molar refractivity (Wildman–Crippen MR) is 59.4 cm³/mol. The summed E-state index contributed by atoms with van der Waals surface area (Å²) in [5.74, 6) is 4.90. The van der Waals surface area contributed by atoms with E-state index in [1.807, 2.05) is 0 Å². The molecule has 16 heavy (non-hydrogen) atoms. The number of benzene rings is 1. The zero-order chi connectivity index (χ0) is 12.1. The third-order valence-electron chi connectivity index (χ3n) is 2.13. The van der Waals surface area contributed by atoms with Crippen LogP contribution in [0.4, 0.5) is 4.39 Å². The molecular formula is C13H13FO2. The Morgan fingerprint density at radius 3 is 2.44 bits per heavy atom. The number of aryl methyl sites for hydroxylation is 2. The van der Waals surface area contributed by atoms with Crippen molar-refractivity contribution < 1.29 is 13.9 Å². The van der Waals surface area contributed by atoms with Gasteiger partial charge in [-0.05, 0) is 37.1 Å². The van der Waals surface area contributed by atoms with Crippen LogP contribution in [-0.4, -0.2) is 13.1 Å². The van der Waals surface area contributed by atoms with E-state index < -0.39 is 0 Å². The van der Waals surface area contributed by atoms with Crippen molar-refractivity contribution in [2.75, 3.05) is 7.11 Å². The number of esters is 1. The standard InChI is InChI=1S/C13H13FO2/c1-9-7-11(8-10(2)13(9)14)5-4-6-12(15)16-3/h7-8H,6H2,1-3H3. The van der Waals surface area contributed by atoms with Gasteiger partial charge in [-0.25, -0.2) is 4.39 Å². The van der Waals surface area contributed by atoms with Gasteiger partial charge >= 0.3 is 5.97 Å². The molecule has 0 atom stereocenters. The van der Waals surface area contributed by atoms with Crippen molar-refractivity contribution >= 4 is 5.97 Å². The molecule has 0 aliphatic rings. The highest BCUT2D eigenvalue weighted by atomic mass is 19.1. The van der Waals surface area contributed by atoms with Crippen LogP contribution in [0.15, 0.2) is 12.1 Å². The van der Waals surface area contributed by atoms with Crippen molar-refractivity contribution in [1.29, 1.82) is 0 Å². The van der Waals surface area contributed by atoms with Crippen LogP contribution >= 0.6 is 0 Å². The lowest BCUT2D eigenvalue weighted by Crippen LogP contribution is -1.97. The molecule has 0 bridgehead atoms. The van der Waals surface area contributed by atoms with E-state index in [2.05, 4.69) is 16.6 Å². The topological polar surface area (TPSA) is 26.3 Å².